The first kappa shape index (κ1) is 19.0. The summed E-state index contributed by atoms with van der Waals surface area (Å²) in [5.41, 5.74) is 0.610. The fourth-order valence-electron chi connectivity index (χ4n) is 3.04. The van der Waals surface area contributed by atoms with Gasteiger partial charge >= 0.3 is 5.97 Å². The average molecular weight is 399 g/mol. The summed E-state index contributed by atoms with van der Waals surface area (Å²) >= 11 is 0.949. The molecule has 10 heteroatoms. The van der Waals surface area contributed by atoms with Crippen LogP contribution in [0.15, 0.2) is 20.8 Å². The third kappa shape index (κ3) is 4.68. The summed E-state index contributed by atoms with van der Waals surface area (Å²) in [6, 6.07) is 3.70. The molecule has 26 heavy (non-hydrogen) atoms. The molecular formula is C16H21N3O5S2. The van der Waals surface area contributed by atoms with E-state index in [2.05, 4.69) is 14.5 Å². The van der Waals surface area contributed by atoms with E-state index in [9.17, 15) is 13.2 Å². The Labute approximate surface area is 156 Å². The number of carbonyl (C=O) groups is 1. The van der Waals surface area contributed by atoms with Crippen molar-refractivity contribution in [2.45, 2.75) is 43.0 Å². The third-order valence-corrected chi connectivity index (χ3v) is 6.86. The summed E-state index contributed by atoms with van der Waals surface area (Å²) < 4.78 is 38.4. The number of nitrogens with zero attached hydrogens (tertiary/aromatic N) is 3. The van der Waals surface area contributed by atoms with E-state index in [-0.39, 0.29) is 22.7 Å². The molecule has 1 fully saturated rings. The summed E-state index contributed by atoms with van der Waals surface area (Å²) in [4.78, 5) is 13.1. The van der Waals surface area contributed by atoms with Crippen molar-refractivity contribution in [3.05, 3.63) is 29.3 Å². The normalized spacial score (nSPS) is 16.7. The van der Waals surface area contributed by atoms with Gasteiger partial charge < -0.3 is 9.15 Å². The van der Waals surface area contributed by atoms with E-state index >= 15 is 0 Å². The molecule has 0 bridgehead atoms. The maximum Gasteiger partial charge on any atom is 0.303 e. The lowest BCUT2D eigenvalue weighted by Gasteiger charge is -2.30. The molecule has 2 aromatic heterocycles. The average Bonchev–Trinajstić information content (AvgIpc) is 3.22. The van der Waals surface area contributed by atoms with Crippen molar-refractivity contribution < 1.29 is 22.4 Å². The number of sulfone groups is 1. The highest BCUT2D eigenvalue weighted by Crippen LogP contribution is 2.33. The number of esters is 1. The fourth-order valence-corrected chi connectivity index (χ4v) is 4.77. The molecule has 0 N–H and O–H groups in total. The molecule has 3 heterocycles. The van der Waals surface area contributed by atoms with Crippen LogP contribution in [0.25, 0.3) is 0 Å². The largest absolute Gasteiger partial charge is 0.461 e. The van der Waals surface area contributed by atoms with Crippen molar-refractivity contribution in [3.63, 3.8) is 0 Å². The van der Waals surface area contributed by atoms with Crippen LogP contribution in [-0.2, 0) is 32.5 Å². The van der Waals surface area contributed by atoms with Crippen LogP contribution in [-0.4, -0.2) is 48.2 Å². The molecule has 1 saturated heterocycles. The molecule has 1 aliphatic heterocycles. The van der Waals surface area contributed by atoms with Gasteiger partial charge in [-0.2, -0.15) is 0 Å². The molecule has 0 aliphatic carbocycles. The molecule has 2 aromatic rings. The van der Waals surface area contributed by atoms with Crippen LogP contribution < -0.4 is 0 Å². The van der Waals surface area contributed by atoms with E-state index in [1.165, 1.54) is 13.2 Å². The van der Waals surface area contributed by atoms with Gasteiger partial charge in [0.2, 0.25) is 0 Å². The Morgan fingerprint density at radius 3 is 2.69 bits per heavy atom. The molecule has 3 rings (SSSR count). The first-order chi connectivity index (χ1) is 12.3. The van der Waals surface area contributed by atoms with E-state index in [4.69, 9.17) is 9.15 Å². The van der Waals surface area contributed by atoms with E-state index in [1.807, 2.05) is 12.1 Å². The number of ether oxygens (including phenoxy) is 1. The molecule has 8 nitrogen and oxygen atoms in total. The van der Waals surface area contributed by atoms with Gasteiger partial charge in [-0.1, -0.05) is 4.49 Å². The van der Waals surface area contributed by atoms with Crippen molar-refractivity contribution in [2.24, 2.45) is 0 Å². The van der Waals surface area contributed by atoms with Gasteiger partial charge in [0, 0.05) is 30.6 Å². The van der Waals surface area contributed by atoms with Crippen LogP contribution in [0, 0.1) is 0 Å². The van der Waals surface area contributed by atoms with Gasteiger partial charge in [-0.25, -0.2) is 8.42 Å². The summed E-state index contributed by atoms with van der Waals surface area (Å²) in [6.45, 7) is 3.82. The highest BCUT2D eigenvalue weighted by molar-refractivity contribution is 7.92. The van der Waals surface area contributed by atoms with Crippen molar-refractivity contribution in [1.29, 1.82) is 0 Å². The van der Waals surface area contributed by atoms with Gasteiger partial charge in [-0.05, 0) is 38.1 Å². The highest BCUT2D eigenvalue weighted by atomic mass is 32.2. The zero-order valence-electron chi connectivity index (χ0n) is 14.7. The fraction of sp³-hybridized carbons (Fsp3) is 0.562. The first-order valence-corrected chi connectivity index (χ1v) is 10.9. The zero-order valence-corrected chi connectivity index (χ0v) is 16.3. The Morgan fingerprint density at radius 1 is 1.35 bits per heavy atom. The van der Waals surface area contributed by atoms with Gasteiger partial charge in [0.25, 0.3) is 0 Å². The Bertz CT molecular complexity index is 866. The topological polar surface area (TPSA) is 103 Å². The number of hydrogen-bond donors (Lipinski definition) is 0. The Morgan fingerprint density at radius 2 is 2.04 bits per heavy atom. The Balaban J connectivity index is 1.55. The molecule has 0 unspecified atom stereocenters. The van der Waals surface area contributed by atoms with Crippen molar-refractivity contribution in [3.8, 4) is 0 Å². The molecule has 142 valence electrons. The SMILES string of the molecule is CC(=O)OCc1ccc(CN2CCC(c3nnsc3S(C)(=O)=O)CC2)o1. The van der Waals surface area contributed by atoms with Crippen LogP contribution in [0.1, 0.15) is 42.9 Å². The number of hydrogen-bond acceptors (Lipinski definition) is 9. The summed E-state index contributed by atoms with van der Waals surface area (Å²) in [7, 11) is -3.28. The lowest BCUT2D eigenvalue weighted by molar-refractivity contribution is -0.142. The molecule has 0 spiro atoms. The van der Waals surface area contributed by atoms with Crippen LogP contribution in [0.2, 0.25) is 0 Å². The molecule has 0 atom stereocenters. The standard InChI is InChI=1S/C16H21N3O5S2/c1-11(20)23-10-14-4-3-13(24-14)9-19-7-5-12(6-8-19)15-16(25-18-17-15)26(2,21)22/h3-4,12H,5-10H2,1-2H3. The number of aromatic nitrogens is 2. The lowest BCUT2D eigenvalue weighted by atomic mass is 9.94. The summed E-state index contributed by atoms with van der Waals surface area (Å²) in [5, 5.41) is 4.06. The lowest BCUT2D eigenvalue weighted by Crippen LogP contribution is -2.32. The van der Waals surface area contributed by atoms with Gasteiger partial charge in [0.1, 0.15) is 18.1 Å². The van der Waals surface area contributed by atoms with Crippen LogP contribution >= 0.6 is 11.5 Å². The van der Waals surface area contributed by atoms with Gasteiger partial charge in [0.05, 0.1) is 12.2 Å². The monoisotopic (exact) mass is 399 g/mol. The van der Waals surface area contributed by atoms with E-state index in [1.54, 1.807) is 0 Å². The molecule has 0 saturated carbocycles. The molecule has 0 radical (unpaired) electrons. The van der Waals surface area contributed by atoms with Gasteiger partial charge in [0.15, 0.2) is 14.0 Å². The predicted molar refractivity (Wildman–Crippen MR) is 94.4 cm³/mol. The summed E-state index contributed by atoms with van der Waals surface area (Å²) in [6.07, 6.45) is 2.86. The molecule has 0 aromatic carbocycles. The van der Waals surface area contributed by atoms with Crippen LogP contribution in [0.4, 0.5) is 0 Å². The maximum atomic E-state index is 11.8. The van der Waals surface area contributed by atoms with Crippen molar-refractivity contribution >= 4 is 27.3 Å². The second-order valence-electron chi connectivity index (χ2n) is 6.42. The predicted octanol–water partition coefficient (Wildman–Crippen LogP) is 1.98. The smallest absolute Gasteiger partial charge is 0.303 e. The van der Waals surface area contributed by atoms with Gasteiger partial charge in [-0.3, -0.25) is 9.69 Å². The minimum Gasteiger partial charge on any atom is -0.461 e. The number of piperidine rings is 1. The van der Waals surface area contributed by atoms with Gasteiger partial charge in [-0.15, -0.1) is 5.10 Å². The highest BCUT2D eigenvalue weighted by Gasteiger charge is 2.29. The van der Waals surface area contributed by atoms with Crippen LogP contribution in [0.3, 0.4) is 0 Å². The summed E-state index contributed by atoms with van der Waals surface area (Å²) in [5.74, 6) is 1.22. The van der Waals surface area contributed by atoms with E-state index in [0.717, 1.165) is 43.2 Å². The number of likely N-dealkylation sites (tertiary alicyclic amines) is 1. The Hall–Kier alpha value is -1.78. The zero-order chi connectivity index (χ0) is 18.7. The quantitative estimate of drug-likeness (QED) is 0.680. The number of rotatable bonds is 6. The minimum atomic E-state index is -3.28. The Kier molecular flexibility index (Phi) is 5.73. The van der Waals surface area contributed by atoms with E-state index < -0.39 is 9.84 Å². The third-order valence-electron chi connectivity index (χ3n) is 4.31. The van der Waals surface area contributed by atoms with Crippen molar-refractivity contribution in [1.82, 2.24) is 14.5 Å². The molecule has 1 aliphatic rings. The van der Waals surface area contributed by atoms with Crippen LogP contribution in [0.5, 0.6) is 0 Å². The number of furan rings is 1. The second kappa shape index (κ2) is 7.85. The minimum absolute atomic E-state index is 0.117. The second-order valence-corrected chi connectivity index (χ2v) is 9.38. The first-order valence-electron chi connectivity index (χ1n) is 8.28. The molecular weight excluding hydrogens is 378 g/mol. The van der Waals surface area contributed by atoms with Crippen molar-refractivity contribution in [2.75, 3.05) is 19.3 Å². The maximum absolute atomic E-state index is 11.8. The number of carbonyl (C=O) groups excluding carboxylic acids is 1. The van der Waals surface area contributed by atoms with E-state index in [0.29, 0.717) is 18.0 Å². The molecule has 0 amide bonds.